The molecule has 0 aliphatic carbocycles. The maximum Gasteiger partial charge on any atom is 1.00 e. The quantitative estimate of drug-likeness (QED) is 0.211. The fourth-order valence-electron chi connectivity index (χ4n) is 2.27. The maximum absolute atomic E-state index is 13.8. The standard InChI is InChI=1S/C17H17Br2F2O3PS.2Na.2H/c18-13-5-7-14(8-6-13)26-10-2-1-3-12-4-9-15(16(19)11-12)17(20,21)25(22,23)24;;;;/h4-9,11H,1-3,10H2,(H2,22,23,24);;;;/q;2*+1;2*-1. The molecule has 0 aliphatic rings. The van der Waals surface area contributed by atoms with Gasteiger partial charge in [-0.15, -0.1) is 11.8 Å². The minimum absolute atomic E-state index is 0. The van der Waals surface area contributed by atoms with Crippen LogP contribution < -0.4 is 59.1 Å². The van der Waals surface area contributed by atoms with Gasteiger partial charge in [-0.1, -0.05) is 44.0 Å². The maximum atomic E-state index is 13.8. The second kappa shape index (κ2) is 13.3. The molecule has 0 heterocycles. The van der Waals surface area contributed by atoms with Crippen molar-refractivity contribution in [3.8, 4) is 0 Å². The normalized spacial score (nSPS) is 11.5. The number of hydrogen-bond acceptors (Lipinski definition) is 2. The van der Waals surface area contributed by atoms with Crippen molar-refractivity contribution in [2.45, 2.75) is 29.8 Å². The van der Waals surface area contributed by atoms with Crippen LogP contribution in [-0.4, -0.2) is 15.5 Å². The van der Waals surface area contributed by atoms with Gasteiger partial charge in [-0.25, -0.2) is 0 Å². The molecule has 0 bridgehead atoms. The number of thioether (sulfide) groups is 1. The average molecular weight is 578 g/mol. The molecule has 3 nitrogen and oxygen atoms in total. The van der Waals surface area contributed by atoms with E-state index in [0.29, 0.717) is 6.42 Å². The molecule has 0 spiro atoms. The number of benzene rings is 2. The van der Waals surface area contributed by atoms with Gasteiger partial charge in [0, 0.05) is 19.4 Å². The third kappa shape index (κ3) is 8.71. The van der Waals surface area contributed by atoms with Crippen molar-refractivity contribution >= 4 is 51.2 Å². The summed E-state index contributed by atoms with van der Waals surface area (Å²) in [4.78, 5) is 18.9. The Kier molecular flexibility index (Phi) is 14.2. The van der Waals surface area contributed by atoms with E-state index in [1.54, 1.807) is 11.8 Å². The number of alkyl halides is 2. The molecule has 0 fully saturated rings. The fourth-order valence-corrected chi connectivity index (χ4v) is 4.78. The molecule has 0 amide bonds. The molecule has 2 aromatic rings. The Morgan fingerprint density at radius 3 is 2.18 bits per heavy atom. The summed E-state index contributed by atoms with van der Waals surface area (Å²) in [7, 11) is -5.56. The average Bonchev–Trinajstić information content (AvgIpc) is 2.55. The molecule has 0 radical (unpaired) electrons. The summed E-state index contributed by atoms with van der Waals surface area (Å²) in [6, 6.07) is 12.2. The molecule has 0 atom stereocenters. The molecule has 146 valence electrons. The van der Waals surface area contributed by atoms with Crippen molar-refractivity contribution in [3.63, 3.8) is 0 Å². The summed E-state index contributed by atoms with van der Waals surface area (Å²) in [5.74, 6) is 0.956. The zero-order chi connectivity index (χ0) is 19.4. The van der Waals surface area contributed by atoms with Gasteiger partial charge in [0.25, 0.3) is 0 Å². The molecule has 2 N–H and O–H groups in total. The van der Waals surface area contributed by atoms with E-state index in [1.165, 1.54) is 17.0 Å². The number of unbranched alkanes of at least 4 members (excludes halogenated alkanes) is 1. The molecular formula is C17H19Br2F2Na2O3PS. The number of halogens is 4. The first kappa shape index (κ1) is 29.8. The summed E-state index contributed by atoms with van der Waals surface area (Å²) in [6.07, 6.45) is 2.57. The van der Waals surface area contributed by atoms with Crippen LogP contribution in [0, 0.1) is 0 Å². The summed E-state index contributed by atoms with van der Waals surface area (Å²) in [5, 5.41) is 0. The van der Waals surface area contributed by atoms with Crippen molar-refractivity contribution in [3.05, 3.63) is 62.5 Å². The van der Waals surface area contributed by atoms with E-state index in [-0.39, 0.29) is 66.4 Å². The first-order chi connectivity index (χ1) is 12.1. The van der Waals surface area contributed by atoms with Crippen molar-refractivity contribution in [1.29, 1.82) is 0 Å². The molecule has 2 rings (SSSR count). The third-order valence-corrected chi connectivity index (χ3v) is 6.92. The second-order valence-corrected chi connectivity index (χ2v) is 10.2. The van der Waals surface area contributed by atoms with Gasteiger partial charge in [-0.3, -0.25) is 4.57 Å². The number of hydrogen-bond donors (Lipinski definition) is 2. The topological polar surface area (TPSA) is 57.5 Å². The molecule has 0 saturated heterocycles. The van der Waals surface area contributed by atoms with E-state index in [9.17, 15) is 13.3 Å². The molecule has 0 aliphatic heterocycles. The van der Waals surface area contributed by atoms with E-state index >= 15 is 0 Å². The number of aryl methyl sites for hydroxylation is 1. The molecule has 0 aromatic heterocycles. The molecular weight excluding hydrogens is 559 g/mol. The first-order valence-electron chi connectivity index (χ1n) is 7.72. The van der Waals surface area contributed by atoms with Crippen molar-refractivity contribution in [1.82, 2.24) is 0 Å². The van der Waals surface area contributed by atoms with Crippen LogP contribution in [0.25, 0.3) is 0 Å². The molecule has 0 saturated carbocycles. The Balaban J connectivity index is -0.00000182. The van der Waals surface area contributed by atoms with Crippen LogP contribution in [0.4, 0.5) is 8.78 Å². The van der Waals surface area contributed by atoms with E-state index in [0.717, 1.165) is 34.7 Å². The van der Waals surface area contributed by atoms with Crippen LogP contribution in [0.1, 0.15) is 26.8 Å². The van der Waals surface area contributed by atoms with E-state index < -0.39 is 18.8 Å². The van der Waals surface area contributed by atoms with Gasteiger partial charge >= 0.3 is 72.4 Å². The van der Waals surface area contributed by atoms with Gasteiger partial charge in [0.15, 0.2) is 0 Å². The third-order valence-electron chi connectivity index (χ3n) is 3.67. The largest absolute Gasteiger partial charge is 1.00 e. The number of rotatable bonds is 8. The SMILES string of the molecule is O=P(O)(O)C(F)(F)c1ccc(CCCCSc2ccc(Br)cc2)cc1Br.[H-].[H-].[Na+].[Na+]. The summed E-state index contributed by atoms with van der Waals surface area (Å²) in [6.45, 7) is 0. The van der Waals surface area contributed by atoms with Crippen LogP contribution in [-0.2, 0) is 16.6 Å². The van der Waals surface area contributed by atoms with Crippen LogP contribution in [0.2, 0.25) is 0 Å². The minimum atomic E-state index is -5.56. The van der Waals surface area contributed by atoms with E-state index in [4.69, 9.17) is 9.79 Å². The summed E-state index contributed by atoms with van der Waals surface area (Å²) >= 11 is 8.16. The van der Waals surface area contributed by atoms with Crippen LogP contribution in [0.5, 0.6) is 0 Å². The first-order valence-corrected chi connectivity index (χ1v) is 11.9. The van der Waals surface area contributed by atoms with Crippen LogP contribution in [0.15, 0.2) is 56.3 Å². The van der Waals surface area contributed by atoms with Crippen LogP contribution >= 0.6 is 51.2 Å². The van der Waals surface area contributed by atoms with Gasteiger partial charge in [0.05, 0.1) is 0 Å². The van der Waals surface area contributed by atoms with E-state index in [2.05, 4.69) is 31.9 Å². The second-order valence-electron chi connectivity index (χ2n) is 5.66. The van der Waals surface area contributed by atoms with Crippen molar-refractivity contribution < 1.29 is 85.1 Å². The Morgan fingerprint density at radius 2 is 1.64 bits per heavy atom. The Bertz CT molecular complexity index is 818. The van der Waals surface area contributed by atoms with Gasteiger partial charge in [-0.05, 0) is 60.9 Å². The zero-order valence-corrected chi connectivity index (χ0v) is 24.4. The Morgan fingerprint density at radius 1 is 1.04 bits per heavy atom. The summed E-state index contributed by atoms with van der Waals surface area (Å²) in [5.41, 5.74) is -4.05. The monoisotopic (exact) mass is 576 g/mol. The zero-order valence-electron chi connectivity index (χ0n) is 17.5. The predicted octanol–water partition coefficient (Wildman–Crippen LogP) is 0.787. The molecule has 2 aromatic carbocycles. The van der Waals surface area contributed by atoms with Gasteiger partial charge < -0.3 is 12.6 Å². The molecule has 0 unspecified atom stereocenters. The van der Waals surface area contributed by atoms with Crippen molar-refractivity contribution in [2.24, 2.45) is 0 Å². The van der Waals surface area contributed by atoms with Gasteiger partial charge in [0.1, 0.15) is 0 Å². The van der Waals surface area contributed by atoms with Gasteiger partial charge in [0.2, 0.25) is 0 Å². The minimum Gasteiger partial charge on any atom is -1.00 e. The smallest absolute Gasteiger partial charge is 1.00 e. The van der Waals surface area contributed by atoms with Crippen molar-refractivity contribution in [2.75, 3.05) is 5.75 Å². The molecule has 28 heavy (non-hydrogen) atoms. The van der Waals surface area contributed by atoms with Crippen LogP contribution in [0.3, 0.4) is 0 Å². The summed E-state index contributed by atoms with van der Waals surface area (Å²) < 4.78 is 39.6. The fraction of sp³-hybridized carbons (Fsp3) is 0.294. The molecule has 11 heteroatoms. The van der Waals surface area contributed by atoms with E-state index in [1.807, 2.05) is 24.3 Å². The predicted molar refractivity (Wildman–Crippen MR) is 110 cm³/mol. The van der Waals surface area contributed by atoms with Gasteiger partial charge in [-0.2, -0.15) is 8.78 Å². The Labute approximate surface area is 231 Å². The Hall–Kier alpha value is 1.76.